The van der Waals surface area contributed by atoms with Crippen molar-refractivity contribution in [1.29, 1.82) is 0 Å². The standard InChI is InChI=1S/C10H14O3S.Na/c1-8(2)9-6-4-5-7-10(9)14(11,12)13-3;/h4-8H,1-3H3;. The molecule has 79 valence electrons. The van der Waals surface area contributed by atoms with Gasteiger partial charge in [-0.2, -0.15) is 8.42 Å². The van der Waals surface area contributed by atoms with Gasteiger partial charge in [-0.05, 0) is 17.5 Å². The van der Waals surface area contributed by atoms with Gasteiger partial charge in [-0.1, -0.05) is 32.0 Å². The predicted molar refractivity (Wildman–Crippen MR) is 60.5 cm³/mol. The Morgan fingerprint density at radius 2 is 1.73 bits per heavy atom. The summed E-state index contributed by atoms with van der Waals surface area (Å²) in [6.45, 7) is 3.90. The molecule has 0 saturated heterocycles. The average Bonchev–Trinajstić information content (AvgIpc) is 2.18. The van der Waals surface area contributed by atoms with E-state index in [0.717, 1.165) is 5.56 Å². The summed E-state index contributed by atoms with van der Waals surface area (Å²) in [5.74, 6) is 0.163. The van der Waals surface area contributed by atoms with Crippen molar-refractivity contribution in [3.05, 3.63) is 29.8 Å². The molecule has 0 aliphatic carbocycles. The zero-order valence-electron chi connectivity index (χ0n) is 9.52. The maximum atomic E-state index is 11.5. The van der Waals surface area contributed by atoms with Crippen molar-refractivity contribution in [3.63, 3.8) is 0 Å². The Morgan fingerprint density at radius 3 is 2.20 bits per heavy atom. The molecule has 15 heavy (non-hydrogen) atoms. The predicted octanol–water partition coefficient (Wildman–Crippen LogP) is 1.76. The summed E-state index contributed by atoms with van der Waals surface area (Å²) >= 11 is 0. The summed E-state index contributed by atoms with van der Waals surface area (Å²) in [7, 11) is -2.40. The number of hydrogen-bond acceptors (Lipinski definition) is 3. The van der Waals surface area contributed by atoms with Crippen molar-refractivity contribution < 1.29 is 12.6 Å². The molecule has 0 N–H and O–H groups in total. The molecule has 0 fully saturated rings. The molecule has 1 radical (unpaired) electrons. The van der Waals surface area contributed by atoms with Gasteiger partial charge in [0.2, 0.25) is 0 Å². The Balaban J connectivity index is 0.00000196. The fourth-order valence-electron chi connectivity index (χ4n) is 1.27. The van der Waals surface area contributed by atoms with Gasteiger partial charge in [-0.15, -0.1) is 0 Å². The van der Waals surface area contributed by atoms with Gasteiger partial charge in [0, 0.05) is 29.6 Å². The molecule has 0 aromatic heterocycles. The number of hydrogen-bond donors (Lipinski definition) is 0. The molecule has 0 unspecified atom stereocenters. The van der Waals surface area contributed by atoms with E-state index in [2.05, 4.69) is 4.18 Å². The molecular weight excluding hydrogens is 223 g/mol. The molecule has 0 atom stereocenters. The van der Waals surface area contributed by atoms with Crippen LogP contribution in [-0.4, -0.2) is 45.1 Å². The van der Waals surface area contributed by atoms with E-state index < -0.39 is 10.1 Å². The third-order valence-electron chi connectivity index (χ3n) is 2.03. The first-order chi connectivity index (χ1) is 6.49. The van der Waals surface area contributed by atoms with Crippen LogP contribution in [0.3, 0.4) is 0 Å². The fourth-order valence-corrected chi connectivity index (χ4v) is 2.29. The SMILES string of the molecule is COS(=O)(=O)c1ccccc1C(C)C.[Na]. The molecule has 0 amide bonds. The zero-order valence-corrected chi connectivity index (χ0v) is 12.3. The van der Waals surface area contributed by atoms with Gasteiger partial charge in [0.15, 0.2) is 0 Å². The number of benzene rings is 1. The van der Waals surface area contributed by atoms with Gasteiger partial charge < -0.3 is 0 Å². The molecule has 5 heteroatoms. The van der Waals surface area contributed by atoms with E-state index in [0.29, 0.717) is 0 Å². The van der Waals surface area contributed by atoms with E-state index in [1.54, 1.807) is 18.2 Å². The van der Waals surface area contributed by atoms with E-state index >= 15 is 0 Å². The quantitative estimate of drug-likeness (QED) is 0.594. The van der Waals surface area contributed by atoms with Crippen LogP contribution in [0.5, 0.6) is 0 Å². The van der Waals surface area contributed by atoms with Crippen LogP contribution in [-0.2, 0) is 14.3 Å². The second-order valence-electron chi connectivity index (χ2n) is 3.31. The van der Waals surface area contributed by atoms with Crippen molar-refractivity contribution >= 4 is 39.7 Å². The summed E-state index contributed by atoms with van der Waals surface area (Å²) < 4.78 is 27.5. The Kier molecular flexibility index (Phi) is 6.06. The molecule has 1 aromatic carbocycles. The summed E-state index contributed by atoms with van der Waals surface area (Å²) in [5.41, 5.74) is 0.786. The van der Waals surface area contributed by atoms with Crippen LogP contribution in [0, 0.1) is 0 Å². The largest absolute Gasteiger partial charge is 0.296 e. The van der Waals surface area contributed by atoms with Crippen molar-refractivity contribution in [1.82, 2.24) is 0 Å². The molecular formula is C10H14NaO3S. The molecule has 0 bridgehead atoms. The van der Waals surface area contributed by atoms with Gasteiger partial charge in [-0.25, -0.2) is 0 Å². The zero-order chi connectivity index (χ0) is 10.8. The van der Waals surface area contributed by atoms with Crippen LogP contribution in [0.2, 0.25) is 0 Å². The summed E-state index contributed by atoms with van der Waals surface area (Å²) in [5, 5.41) is 0. The number of rotatable bonds is 3. The Hall–Kier alpha value is 0.130. The van der Waals surface area contributed by atoms with Crippen molar-refractivity contribution in [3.8, 4) is 0 Å². The van der Waals surface area contributed by atoms with Gasteiger partial charge in [0.1, 0.15) is 0 Å². The molecule has 0 heterocycles. The summed E-state index contributed by atoms with van der Waals surface area (Å²) in [6.07, 6.45) is 0. The molecule has 1 rings (SSSR count). The van der Waals surface area contributed by atoms with Crippen molar-refractivity contribution in [2.45, 2.75) is 24.7 Å². The van der Waals surface area contributed by atoms with Crippen LogP contribution in [0.4, 0.5) is 0 Å². The van der Waals surface area contributed by atoms with Gasteiger partial charge >= 0.3 is 0 Å². The van der Waals surface area contributed by atoms with E-state index in [1.165, 1.54) is 7.11 Å². The van der Waals surface area contributed by atoms with Gasteiger partial charge in [0.05, 0.1) is 12.0 Å². The van der Waals surface area contributed by atoms with E-state index in [9.17, 15) is 8.42 Å². The minimum Gasteiger partial charge on any atom is -0.270 e. The summed E-state index contributed by atoms with van der Waals surface area (Å²) in [6, 6.07) is 6.88. The first-order valence-electron chi connectivity index (χ1n) is 4.38. The molecule has 0 aliphatic heterocycles. The maximum absolute atomic E-state index is 11.5. The van der Waals surface area contributed by atoms with E-state index in [1.807, 2.05) is 19.9 Å². The average molecular weight is 237 g/mol. The Bertz CT molecular complexity index is 412. The topological polar surface area (TPSA) is 43.4 Å². The van der Waals surface area contributed by atoms with Crippen LogP contribution in [0.15, 0.2) is 29.2 Å². The van der Waals surface area contributed by atoms with Crippen LogP contribution in [0.25, 0.3) is 0 Å². The van der Waals surface area contributed by atoms with Gasteiger partial charge in [0.25, 0.3) is 10.1 Å². The first-order valence-corrected chi connectivity index (χ1v) is 5.79. The third-order valence-corrected chi connectivity index (χ3v) is 3.38. The summed E-state index contributed by atoms with van der Waals surface area (Å²) in [4.78, 5) is 0.262. The van der Waals surface area contributed by atoms with Crippen molar-refractivity contribution in [2.75, 3.05) is 7.11 Å². The maximum Gasteiger partial charge on any atom is 0.296 e. The minimum atomic E-state index is -3.57. The monoisotopic (exact) mass is 237 g/mol. The molecule has 0 aliphatic rings. The fraction of sp³-hybridized carbons (Fsp3) is 0.400. The first kappa shape index (κ1) is 15.1. The molecule has 0 saturated carbocycles. The van der Waals surface area contributed by atoms with Crippen LogP contribution in [0.1, 0.15) is 25.3 Å². The van der Waals surface area contributed by atoms with Crippen molar-refractivity contribution in [2.24, 2.45) is 0 Å². The van der Waals surface area contributed by atoms with Gasteiger partial charge in [-0.3, -0.25) is 4.18 Å². The normalized spacial score (nSPS) is 11.2. The second-order valence-corrected chi connectivity index (χ2v) is 4.99. The second kappa shape index (κ2) is 6.01. The third kappa shape index (κ3) is 3.57. The molecule has 1 aromatic rings. The van der Waals surface area contributed by atoms with E-state index in [4.69, 9.17) is 0 Å². The Morgan fingerprint density at radius 1 is 1.20 bits per heavy atom. The minimum absolute atomic E-state index is 0. The molecule has 0 spiro atoms. The van der Waals surface area contributed by atoms with E-state index in [-0.39, 0.29) is 40.4 Å². The smallest absolute Gasteiger partial charge is 0.270 e. The molecule has 3 nitrogen and oxygen atoms in total. The van der Waals surface area contributed by atoms with Crippen LogP contribution >= 0.6 is 0 Å². The van der Waals surface area contributed by atoms with Crippen LogP contribution < -0.4 is 0 Å². The Labute approximate surface area is 113 Å².